The van der Waals surface area contributed by atoms with Crippen molar-refractivity contribution in [2.24, 2.45) is 0 Å². The highest BCUT2D eigenvalue weighted by Crippen LogP contribution is 2.25. The van der Waals surface area contributed by atoms with Crippen molar-refractivity contribution in [2.45, 2.75) is 44.5 Å². The molecule has 0 aliphatic rings. The first-order valence-electron chi connectivity index (χ1n) is 10.9. The number of hydrogen-bond donors (Lipinski definition) is 1. The van der Waals surface area contributed by atoms with Crippen LogP contribution in [0, 0.1) is 6.92 Å². The summed E-state index contributed by atoms with van der Waals surface area (Å²) in [7, 11) is 0. The highest BCUT2D eigenvalue weighted by atomic mass is 35.5. The van der Waals surface area contributed by atoms with Crippen molar-refractivity contribution >= 4 is 40.8 Å². The first-order valence-corrected chi connectivity index (χ1v) is 12.2. The molecule has 3 aromatic rings. The van der Waals surface area contributed by atoms with Crippen molar-refractivity contribution in [1.82, 2.24) is 9.97 Å². The van der Waals surface area contributed by atoms with Gasteiger partial charge in [-0.25, -0.2) is 9.97 Å². The summed E-state index contributed by atoms with van der Waals surface area (Å²) in [4.78, 5) is 24.0. The van der Waals surface area contributed by atoms with Gasteiger partial charge in [0.05, 0.1) is 0 Å². The summed E-state index contributed by atoms with van der Waals surface area (Å²) in [5.74, 6) is 1.38. The fourth-order valence-electron chi connectivity index (χ4n) is 3.28. The summed E-state index contributed by atoms with van der Waals surface area (Å²) < 4.78 is 0. The lowest BCUT2D eigenvalue weighted by Gasteiger charge is -2.22. The van der Waals surface area contributed by atoms with Crippen LogP contribution in [-0.4, -0.2) is 29.0 Å². The molecule has 0 fully saturated rings. The third kappa shape index (κ3) is 6.97. The Balaban J connectivity index is 1.68. The molecule has 1 heterocycles. The highest BCUT2D eigenvalue weighted by Gasteiger charge is 2.12. The Morgan fingerprint density at radius 1 is 1.03 bits per heavy atom. The third-order valence-corrected chi connectivity index (χ3v) is 5.95. The molecule has 0 aliphatic heterocycles. The van der Waals surface area contributed by atoms with Crippen LogP contribution in [0.5, 0.6) is 0 Å². The van der Waals surface area contributed by atoms with Gasteiger partial charge in [-0.2, -0.15) is 0 Å². The number of aromatic nitrogens is 2. The summed E-state index contributed by atoms with van der Waals surface area (Å²) in [6, 6.07) is 17.2. The quantitative estimate of drug-likeness (QED) is 0.206. The molecule has 0 radical (unpaired) electrons. The average molecular weight is 469 g/mol. The number of benzene rings is 2. The molecule has 168 valence electrons. The predicted octanol–water partition coefficient (Wildman–Crippen LogP) is 6.61. The second kappa shape index (κ2) is 11.9. The molecule has 0 saturated carbocycles. The van der Waals surface area contributed by atoms with E-state index in [0.29, 0.717) is 21.6 Å². The topological polar surface area (TPSA) is 58.1 Å². The molecule has 1 N–H and O–H groups in total. The van der Waals surface area contributed by atoms with Gasteiger partial charge in [0.2, 0.25) is 0 Å². The van der Waals surface area contributed by atoms with Crippen LogP contribution in [0.15, 0.2) is 59.8 Å². The van der Waals surface area contributed by atoms with E-state index in [0.717, 1.165) is 48.6 Å². The molecular formula is C25H29ClN4OS. The van der Waals surface area contributed by atoms with Gasteiger partial charge in [0, 0.05) is 36.2 Å². The molecule has 0 unspecified atom stereocenters. The Labute approximate surface area is 199 Å². The van der Waals surface area contributed by atoms with Crippen molar-refractivity contribution in [2.75, 3.05) is 23.3 Å². The van der Waals surface area contributed by atoms with Crippen LogP contribution in [0.2, 0.25) is 5.15 Å². The molecule has 2 aromatic carbocycles. The molecule has 0 atom stereocenters. The van der Waals surface area contributed by atoms with Gasteiger partial charge in [-0.1, -0.05) is 67.0 Å². The van der Waals surface area contributed by atoms with Gasteiger partial charge in [0.15, 0.2) is 5.16 Å². The number of amides is 1. The number of nitrogens with zero attached hydrogens (tertiary/aromatic N) is 3. The van der Waals surface area contributed by atoms with Crippen LogP contribution in [0.4, 0.5) is 11.5 Å². The summed E-state index contributed by atoms with van der Waals surface area (Å²) in [6.07, 6.45) is 2.09. The number of anilines is 2. The number of carbonyl (C=O) groups excluding carboxylic acids is 1. The molecular weight excluding hydrogens is 440 g/mol. The fourth-order valence-corrected chi connectivity index (χ4v) is 4.31. The van der Waals surface area contributed by atoms with E-state index in [9.17, 15) is 4.79 Å². The Morgan fingerprint density at radius 2 is 1.75 bits per heavy atom. The lowest BCUT2D eigenvalue weighted by Crippen LogP contribution is -2.26. The molecule has 5 nitrogen and oxygen atoms in total. The Bertz CT molecular complexity index is 1040. The standard InChI is InChI=1S/C25H29ClN4OS/c1-4-13-30(14-5-2)23-16-22(26)28-25(29-23)32-17-19-7-6-8-20(15-19)24(31)27-21-11-9-18(3)10-12-21/h6-12,15-16H,4-5,13-14,17H2,1-3H3,(H,27,31). The highest BCUT2D eigenvalue weighted by molar-refractivity contribution is 7.98. The first-order chi connectivity index (χ1) is 15.5. The number of aryl methyl sites for hydroxylation is 1. The number of hydrogen-bond acceptors (Lipinski definition) is 5. The van der Waals surface area contributed by atoms with Gasteiger partial charge in [0.25, 0.3) is 5.91 Å². The van der Waals surface area contributed by atoms with Gasteiger partial charge in [-0.05, 0) is 49.6 Å². The molecule has 0 spiro atoms. The van der Waals surface area contributed by atoms with Crippen molar-refractivity contribution in [3.8, 4) is 0 Å². The van der Waals surface area contributed by atoms with Crippen LogP contribution < -0.4 is 10.2 Å². The van der Waals surface area contributed by atoms with E-state index in [1.54, 1.807) is 0 Å². The second-order valence-corrected chi connectivity index (χ2v) is 8.96. The van der Waals surface area contributed by atoms with Gasteiger partial charge in [-0.15, -0.1) is 0 Å². The third-order valence-electron chi connectivity index (χ3n) is 4.84. The number of nitrogens with one attached hydrogen (secondary N) is 1. The average Bonchev–Trinajstić information content (AvgIpc) is 2.79. The van der Waals surface area contributed by atoms with Crippen molar-refractivity contribution in [1.29, 1.82) is 0 Å². The Kier molecular flexibility index (Phi) is 8.94. The van der Waals surface area contributed by atoms with E-state index in [1.807, 2.05) is 61.5 Å². The summed E-state index contributed by atoms with van der Waals surface area (Å²) in [5, 5.41) is 4.03. The molecule has 0 aliphatic carbocycles. The van der Waals surface area contributed by atoms with Crippen molar-refractivity contribution in [3.63, 3.8) is 0 Å². The van der Waals surface area contributed by atoms with E-state index in [4.69, 9.17) is 16.6 Å². The van der Waals surface area contributed by atoms with Gasteiger partial charge >= 0.3 is 0 Å². The summed E-state index contributed by atoms with van der Waals surface area (Å²) in [5.41, 5.74) is 3.58. The molecule has 0 saturated heterocycles. The lowest BCUT2D eigenvalue weighted by molar-refractivity contribution is 0.102. The molecule has 7 heteroatoms. The predicted molar refractivity (Wildman–Crippen MR) is 135 cm³/mol. The molecule has 3 rings (SSSR count). The lowest BCUT2D eigenvalue weighted by atomic mass is 10.1. The van der Waals surface area contributed by atoms with Crippen LogP contribution in [0.3, 0.4) is 0 Å². The zero-order valence-corrected chi connectivity index (χ0v) is 20.3. The largest absolute Gasteiger partial charge is 0.356 e. The van der Waals surface area contributed by atoms with E-state index in [-0.39, 0.29) is 5.91 Å². The number of rotatable bonds is 10. The minimum Gasteiger partial charge on any atom is -0.356 e. The molecule has 0 bridgehead atoms. The van der Waals surface area contributed by atoms with E-state index >= 15 is 0 Å². The number of thioether (sulfide) groups is 1. The first kappa shape index (κ1) is 24.1. The van der Waals surface area contributed by atoms with Crippen molar-refractivity contribution < 1.29 is 4.79 Å². The maximum atomic E-state index is 12.6. The summed E-state index contributed by atoms with van der Waals surface area (Å²) >= 11 is 7.80. The zero-order chi connectivity index (χ0) is 22.9. The fraction of sp³-hybridized carbons (Fsp3) is 0.320. The molecule has 1 aromatic heterocycles. The Hall–Kier alpha value is -2.57. The molecule has 32 heavy (non-hydrogen) atoms. The SMILES string of the molecule is CCCN(CCC)c1cc(Cl)nc(SCc2cccc(C(=O)Nc3ccc(C)cc3)c2)n1. The van der Waals surface area contributed by atoms with Gasteiger partial charge < -0.3 is 10.2 Å². The maximum absolute atomic E-state index is 12.6. The van der Waals surface area contributed by atoms with E-state index in [2.05, 4.69) is 29.0 Å². The van der Waals surface area contributed by atoms with Crippen LogP contribution >= 0.6 is 23.4 Å². The zero-order valence-electron chi connectivity index (χ0n) is 18.8. The van der Waals surface area contributed by atoms with Gasteiger partial charge in [-0.3, -0.25) is 4.79 Å². The normalized spacial score (nSPS) is 10.8. The smallest absolute Gasteiger partial charge is 0.255 e. The second-order valence-electron chi connectivity index (χ2n) is 7.63. The molecule has 1 amide bonds. The van der Waals surface area contributed by atoms with Crippen LogP contribution in [0.1, 0.15) is 48.2 Å². The minimum atomic E-state index is -0.128. The maximum Gasteiger partial charge on any atom is 0.255 e. The van der Waals surface area contributed by atoms with Gasteiger partial charge in [0.1, 0.15) is 11.0 Å². The van der Waals surface area contributed by atoms with Crippen LogP contribution in [0.25, 0.3) is 0 Å². The van der Waals surface area contributed by atoms with E-state index < -0.39 is 0 Å². The Morgan fingerprint density at radius 3 is 2.44 bits per heavy atom. The summed E-state index contributed by atoms with van der Waals surface area (Å²) in [6.45, 7) is 8.20. The van der Waals surface area contributed by atoms with Crippen LogP contribution in [-0.2, 0) is 5.75 Å². The number of halogens is 1. The monoisotopic (exact) mass is 468 g/mol. The minimum absolute atomic E-state index is 0.128. The number of carbonyl (C=O) groups is 1. The van der Waals surface area contributed by atoms with Crippen molar-refractivity contribution in [3.05, 3.63) is 76.4 Å². The van der Waals surface area contributed by atoms with E-state index in [1.165, 1.54) is 11.8 Å².